The van der Waals surface area contributed by atoms with E-state index in [0.717, 1.165) is 19.3 Å². The number of nitrogens with zero attached hydrogens (tertiary/aromatic N) is 3. The zero-order valence-corrected chi connectivity index (χ0v) is 12.8. The predicted octanol–water partition coefficient (Wildman–Crippen LogP) is 2.69. The summed E-state index contributed by atoms with van der Waals surface area (Å²) in [6, 6.07) is 1.30. The summed E-state index contributed by atoms with van der Waals surface area (Å²) in [5, 5.41) is 9.54. The number of hydrogen-bond donors (Lipinski definition) is 1. The van der Waals surface area contributed by atoms with E-state index >= 15 is 0 Å². The first-order valence-electron chi connectivity index (χ1n) is 8.15. The number of aryl methyl sites for hydroxylation is 1. The number of aromatic nitrogens is 2. The van der Waals surface area contributed by atoms with Crippen LogP contribution in [0.1, 0.15) is 69.6 Å². The van der Waals surface area contributed by atoms with Crippen LogP contribution in [0.3, 0.4) is 0 Å². The number of aliphatic hydroxyl groups is 1. The van der Waals surface area contributed by atoms with Gasteiger partial charge in [0.1, 0.15) is 5.82 Å². The molecule has 1 aromatic rings. The highest BCUT2D eigenvalue weighted by Gasteiger charge is 2.30. The molecule has 20 heavy (non-hydrogen) atoms. The van der Waals surface area contributed by atoms with E-state index in [-0.39, 0.29) is 12.6 Å². The molecule has 0 aliphatic carbocycles. The third-order valence-corrected chi connectivity index (χ3v) is 4.92. The molecule has 1 fully saturated rings. The smallest absolute Gasteiger partial charge is 0.109 e. The lowest BCUT2D eigenvalue weighted by Crippen LogP contribution is -2.38. The molecule has 3 heterocycles. The fraction of sp³-hybridized carbons (Fsp3) is 0.812. The molecule has 4 nitrogen and oxygen atoms in total. The van der Waals surface area contributed by atoms with E-state index in [2.05, 4.69) is 29.5 Å². The third kappa shape index (κ3) is 2.51. The SMILES string of the molecule is CC(C)N1CCCCC1c1cn2c(n1)CCCC2CO. The second-order valence-electron chi connectivity index (χ2n) is 6.56. The Hall–Kier alpha value is -0.870. The minimum Gasteiger partial charge on any atom is -0.394 e. The largest absolute Gasteiger partial charge is 0.394 e. The molecule has 3 rings (SSSR count). The number of hydrogen-bond acceptors (Lipinski definition) is 3. The molecule has 0 aromatic carbocycles. The molecule has 2 aliphatic heterocycles. The highest BCUT2D eigenvalue weighted by atomic mass is 16.3. The normalized spacial score (nSPS) is 27.8. The lowest BCUT2D eigenvalue weighted by atomic mass is 9.98. The van der Waals surface area contributed by atoms with Crippen LogP contribution in [0.2, 0.25) is 0 Å². The van der Waals surface area contributed by atoms with Gasteiger partial charge in [-0.1, -0.05) is 6.42 Å². The topological polar surface area (TPSA) is 41.3 Å². The Balaban J connectivity index is 1.88. The zero-order valence-electron chi connectivity index (χ0n) is 12.8. The molecule has 0 saturated carbocycles. The first-order valence-corrected chi connectivity index (χ1v) is 8.15. The quantitative estimate of drug-likeness (QED) is 0.923. The van der Waals surface area contributed by atoms with E-state index in [9.17, 15) is 5.11 Å². The summed E-state index contributed by atoms with van der Waals surface area (Å²) < 4.78 is 2.24. The maximum Gasteiger partial charge on any atom is 0.109 e. The van der Waals surface area contributed by atoms with Crippen molar-refractivity contribution in [2.24, 2.45) is 0 Å². The molecule has 0 bridgehead atoms. The van der Waals surface area contributed by atoms with Crippen LogP contribution >= 0.6 is 0 Å². The van der Waals surface area contributed by atoms with E-state index in [1.165, 1.54) is 37.3 Å². The van der Waals surface area contributed by atoms with Gasteiger partial charge in [0.15, 0.2) is 0 Å². The van der Waals surface area contributed by atoms with Crippen molar-refractivity contribution in [2.45, 2.75) is 70.5 Å². The van der Waals surface area contributed by atoms with Crippen molar-refractivity contribution in [3.63, 3.8) is 0 Å². The van der Waals surface area contributed by atoms with Crippen LogP contribution in [-0.4, -0.2) is 38.8 Å². The lowest BCUT2D eigenvalue weighted by Gasteiger charge is -2.37. The van der Waals surface area contributed by atoms with Gasteiger partial charge in [-0.2, -0.15) is 0 Å². The van der Waals surface area contributed by atoms with Gasteiger partial charge in [-0.25, -0.2) is 4.98 Å². The molecule has 1 aromatic heterocycles. The highest BCUT2D eigenvalue weighted by molar-refractivity contribution is 5.13. The molecule has 4 heteroatoms. The Morgan fingerprint density at radius 3 is 2.90 bits per heavy atom. The molecule has 2 aliphatic rings. The van der Waals surface area contributed by atoms with Crippen LogP contribution in [0.4, 0.5) is 0 Å². The summed E-state index contributed by atoms with van der Waals surface area (Å²) in [4.78, 5) is 7.50. The van der Waals surface area contributed by atoms with Crippen LogP contribution in [-0.2, 0) is 6.42 Å². The number of rotatable bonds is 3. The molecule has 112 valence electrons. The summed E-state index contributed by atoms with van der Waals surface area (Å²) in [7, 11) is 0. The first-order chi connectivity index (χ1) is 9.70. The molecular formula is C16H27N3O. The van der Waals surface area contributed by atoms with Gasteiger partial charge in [0.2, 0.25) is 0 Å². The monoisotopic (exact) mass is 277 g/mol. The van der Waals surface area contributed by atoms with Crippen molar-refractivity contribution >= 4 is 0 Å². The molecular weight excluding hydrogens is 250 g/mol. The van der Waals surface area contributed by atoms with Gasteiger partial charge in [-0.3, -0.25) is 4.90 Å². The van der Waals surface area contributed by atoms with E-state index in [1.807, 2.05) is 0 Å². The van der Waals surface area contributed by atoms with Crippen molar-refractivity contribution in [1.82, 2.24) is 14.5 Å². The van der Waals surface area contributed by atoms with E-state index in [1.54, 1.807) is 0 Å². The van der Waals surface area contributed by atoms with Crippen LogP contribution in [0.25, 0.3) is 0 Å². The van der Waals surface area contributed by atoms with E-state index in [4.69, 9.17) is 4.98 Å². The maximum atomic E-state index is 9.54. The molecule has 2 atom stereocenters. The standard InChI is InChI=1S/C16H27N3O/c1-12(2)18-9-4-3-7-15(18)14-10-19-13(11-20)6-5-8-16(19)17-14/h10,12-13,15,20H,3-9,11H2,1-2H3. The van der Waals surface area contributed by atoms with Crippen molar-refractivity contribution in [3.8, 4) is 0 Å². The average Bonchev–Trinajstić information content (AvgIpc) is 2.90. The zero-order chi connectivity index (χ0) is 14.1. The van der Waals surface area contributed by atoms with Gasteiger partial charge in [0, 0.05) is 18.7 Å². The van der Waals surface area contributed by atoms with Crippen molar-refractivity contribution in [2.75, 3.05) is 13.2 Å². The van der Waals surface area contributed by atoms with Crippen LogP contribution in [0.5, 0.6) is 0 Å². The number of imidazole rings is 1. The molecule has 1 N–H and O–H groups in total. The van der Waals surface area contributed by atoms with Crippen LogP contribution < -0.4 is 0 Å². The van der Waals surface area contributed by atoms with Gasteiger partial charge in [-0.15, -0.1) is 0 Å². The Morgan fingerprint density at radius 1 is 1.30 bits per heavy atom. The van der Waals surface area contributed by atoms with Crippen molar-refractivity contribution in [3.05, 3.63) is 17.7 Å². The van der Waals surface area contributed by atoms with Crippen LogP contribution in [0.15, 0.2) is 6.20 Å². The van der Waals surface area contributed by atoms with Gasteiger partial charge in [0.05, 0.1) is 24.4 Å². The Bertz CT molecular complexity index is 455. The number of fused-ring (bicyclic) bond motifs is 1. The van der Waals surface area contributed by atoms with Gasteiger partial charge in [-0.05, 0) is 46.1 Å². The first kappa shape index (κ1) is 14.1. The number of piperidine rings is 1. The molecule has 2 unspecified atom stereocenters. The Kier molecular flexibility index (Phi) is 4.13. The minimum absolute atomic E-state index is 0.237. The molecule has 0 spiro atoms. The molecule has 0 radical (unpaired) electrons. The minimum atomic E-state index is 0.237. The van der Waals surface area contributed by atoms with E-state index < -0.39 is 0 Å². The van der Waals surface area contributed by atoms with Crippen LogP contribution in [0, 0.1) is 0 Å². The van der Waals surface area contributed by atoms with E-state index in [0.29, 0.717) is 12.1 Å². The van der Waals surface area contributed by atoms with Crippen molar-refractivity contribution in [1.29, 1.82) is 0 Å². The van der Waals surface area contributed by atoms with Gasteiger partial charge < -0.3 is 9.67 Å². The van der Waals surface area contributed by atoms with Gasteiger partial charge in [0.25, 0.3) is 0 Å². The fourth-order valence-electron chi connectivity index (χ4n) is 3.82. The average molecular weight is 277 g/mol. The number of likely N-dealkylation sites (tertiary alicyclic amines) is 1. The van der Waals surface area contributed by atoms with Crippen molar-refractivity contribution < 1.29 is 5.11 Å². The Morgan fingerprint density at radius 2 is 2.15 bits per heavy atom. The maximum absolute atomic E-state index is 9.54. The Labute approximate surface area is 121 Å². The highest BCUT2D eigenvalue weighted by Crippen LogP contribution is 2.34. The second kappa shape index (κ2) is 5.86. The summed E-state index contributed by atoms with van der Waals surface area (Å²) in [5.41, 5.74) is 1.23. The summed E-state index contributed by atoms with van der Waals surface area (Å²) in [6.07, 6.45) is 9.35. The fourth-order valence-corrected chi connectivity index (χ4v) is 3.82. The molecule has 0 amide bonds. The second-order valence-corrected chi connectivity index (χ2v) is 6.56. The molecule has 1 saturated heterocycles. The summed E-state index contributed by atoms with van der Waals surface area (Å²) >= 11 is 0. The third-order valence-electron chi connectivity index (χ3n) is 4.92. The lowest BCUT2D eigenvalue weighted by molar-refractivity contribution is 0.109. The van der Waals surface area contributed by atoms with Gasteiger partial charge >= 0.3 is 0 Å². The summed E-state index contributed by atoms with van der Waals surface area (Å²) in [6.45, 7) is 5.99. The summed E-state index contributed by atoms with van der Waals surface area (Å²) in [5.74, 6) is 1.18. The predicted molar refractivity (Wildman–Crippen MR) is 79.7 cm³/mol. The number of aliphatic hydroxyl groups excluding tert-OH is 1.